The molecule has 0 saturated heterocycles. The fraction of sp³-hybridized carbons (Fsp3) is 0.429. The van der Waals surface area contributed by atoms with Crippen molar-refractivity contribution in [2.45, 2.75) is 20.0 Å². The van der Waals surface area contributed by atoms with E-state index < -0.39 is 17.9 Å². The van der Waals surface area contributed by atoms with Gasteiger partial charge in [0.25, 0.3) is 5.78 Å². The normalized spacial score (nSPS) is 11.7. The first-order valence-electron chi connectivity index (χ1n) is 6.07. The van der Waals surface area contributed by atoms with Gasteiger partial charge >= 0.3 is 5.97 Å². The first kappa shape index (κ1) is 15.9. The van der Waals surface area contributed by atoms with Crippen LogP contribution in [-0.2, 0) is 9.53 Å². The number of ketones is 1. The van der Waals surface area contributed by atoms with E-state index in [1.165, 1.54) is 33.3 Å². The molecule has 0 spiro atoms. The van der Waals surface area contributed by atoms with Crippen molar-refractivity contribution in [3.63, 3.8) is 0 Å². The summed E-state index contributed by atoms with van der Waals surface area (Å²) in [5, 5.41) is 0. The van der Waals surface area contributed by atoms with Crippen molar-refractivity contribution in [3.8, 4) is 11.5 Å². The molecule has 20 heavy (non-hydrogen) atoms. The molecule has 1 aromatic carbocycles. The van der Waals surface area contributed by atoms with E-state index in [-0.39, 0.29) is 29.2 Å². The monoisotopic (exact) mass is 284 g/mol. The molecule has 0 amide bonds. The van der Waals surface area contributed by atoms with Gasteiger partial charge in [-0.05, 0) is 26.0 Å². The van der Waals surface area contributed by atoms with Gasteiger partial charge in [-0.2, -0.15) is 0 Å². The number of hydrogen-bond acceptors (Lipinski definition) is 5. The maximum absolute atomic E-state index is 13.7. The van der Waals surface area contributed by atoms with Crippen LogP contribution in [0.4, 0.5) is 4.39 Å². The molecule has 0 N–H and O–H groups in total. The Labute approximate surface area is 116 Å². The highest BCUT2D eigenvalue weighted by Gasteiger charge is 2.25. The number of Topliss-reactive ketones (excluding diaryl/α,β-unsaturated/α-hetero) is 1. The van der Waals surface area contributed by atoms with Gasteiger partial charge in [0.1, 0.15) is 6.17 Å². The van der Waals surface area contributed by atoms with Gasteiger partial charge in [-0.25, -0.2) is 9.18 Å². The number of benzene rings is 1. The summed E-state index contributed by atoms with van der Waals surface area (Å²) in [4.78, 5) is 23.5. The molecule has 1 atom stereocenters. The highest BCUT2D eigenvalue weighted by Crippen LogP contribution is 2.34. The molecule has 0 fully saturated rings. The van der Waals surface area contributed by atoms with Gasteiger partial charge in [0.15, 0.2) is 11.5 Å². The quantitative estimate of drug-likeness (QED) is 0.456. The molecule has 0 aliphatic heterocycles. The summed E-state index contributed by atoms with van der Waals surface area (Å²) in [6, 6.07) is 2.62. The molecule has 0 saturated carbocycles. The Morgan fingerprint density at radius 3 is 2.20 bits per heavy atom. The van der Waals surface area contributed by atoms with Crippen LogP contribution in [-0.4, -0.2) is 32.6 Å². The van der Waals surface area contributed by atoms with Crippen molar-refractivity contribution in [2.75, 3.05) is 20.8 Å². The zero-order valence-electron chi connectivity index (χ0n) is 11.9. The second-order valence-corrected chi connectivity index (χ2v) is 3.96. The SMILES string of the molecule is CCOC(=O)C(=O)c1cc(OC)c(OC)cc1C(C)F. The van der Waals surface area contributed by atoms with Crippen LogP contribution in [0.5, 0.6) is 11.5 Å². The lowest BCUT2D eigenvalue weighted by molar-refractivity contribution is -0.137. The maximum atomic E-state index is 13.7. The molecule has 6 heteroatoms. The number of alkyl halides is 1. The molecule has 0 bridgehead atoms. The van der Waals surface area contributed by atoms with Crippen LogP contribution < -0.4 is 9.47 Å². The Morgan fingerprint density at radius 1 is 1.20 bits per heavy atom. The molecule has 0 aliphatic rings. The van der Waals surface area contributed by atoms with Crippen LogP contribution in [0.15, 0.2) is 12.1 Å². The fourth-order valence-corrected chi connectivity index (χ4v) is 1.73. The lowest BCUT2D eigenvalue weighted by Gasteiger charge is -2.14. The predicted octanol–water partition coefficient (Wildman–Crippen LogP) is 2.48. The smallest absolute Gasteiger partial charge is 0.379 e. The second-order valence-electron chi connectivity index (χ2n) is 3.96. The third kappa shape index (κ3) is 3.26. The standard InChI is InChI=1S/C14H17FO5/c1-5-20-14(17)13(16)10-7-12(19-4)11(18-3)6-9(10)8(2)15/h6-8H,5H2,1-4H3. The Hall–Kier alpha value is -2.11. The number of esters is 1. The van der Waals surface area contributed by atoms with E-state index in [0.717, 1.165) is 0 Å². The third-order valence-electron chi connectivity index (χ3n) is 2.69. The summed E-state index contributed by atoms with van der Waals surface area (Å²) in [5.74, 6) is -1.41. The number of methoxy groups -OCH3 is 2. The molecule has 1 rings (SSSR count). The minimum absolute atomic E-state index is 0.0562. The fourth-order valence-electron chi connectivity index (χ4n) is 1.73. The number of rotatable bonds is 6. The first-order valence-corrected chi connectivity index (χ1v) is 6.07. The average molecular weight is 284 g/mol. The molecule has 0 heterocycles. The lowest BCUT2D eigenvalue weighted by Crippen LogP contribution is -2.19. The van der Waals surface area contributed by atoms with Gasteiger partial charge in [0, 0.05) is 11.1 Å². The summed E-state index contributed by atoms with van der Waals surface area (Å²) in [5.41, 5.74) is -0.0307. The minimum atomic E-state index is -1.44. The van der Waals surface area contributed by atoms with E-state index in [2.05, 4.69) is 4.74 Å². The molecule has 0 radical (unpaired) electrons. The number of halogens is 1. The zero-order chi connectivity index (χ0) is 15.3. The summed E-state index contributed by atoms with van der Waals surface area (Å²) in [7, 11) is 2.78. The first-order chi connectivity index (χ1) is 9.46. The van der Waals surface area contributed by atoms with E-state index in [0.29, 0.717) is 0 Å². The second kappa shape index (κ2) is 6.88. The van der Waals surface area contributed by atoms with Crippen LogP contribution in [0.25, 0.3) is 0 Å². The molecule has 110 valence electrons. The van der Waals surface area contributed by atoms with Crippen molar-refractivity contribution in [1.82, 2.24) is 0 Å². The maximum Gasteiger partial charge on any atom is 0.379 e. The predicted molar refractivity (Wildman–Crippen MR) is 70.0 cm³/mol. The summed E-state index contributed by atoms with van der Waals surface area (Å²) < 4.78 is 28.4. The minimum Gasteiger partial charge on any atom is -0.493 e. The zero-order valence-corrected chi connectivity index (χ0v) is 11.9. The van der Waals surface area contributed by atoms with E-state index in [4.69, 9.17) is 9.47 Å². The summed E-state index contributed by atoms with van der Waals surface area (Å²) >= 11 is 0. The number of carbonyl (C=O) groups excluding carboxylic acids is 2. The third-order valence-corrected chi connectivity index (χ3v) is 2.69. The van der Waals surface area contributed by atoms with Gasteiger partial charge < -0.3 is 14.2 Å². The van der Waals surface area contributed by atoms with Gasteiger partial charge in [0.2, 0.25) is 0 Å². The average Bonchev–Trinajstić information content (AvgIpc) is 2.44. The van der Waals surface area contributed by atoms with Crippen molar-refractivity contribution in [3.05, 3.63) is 23.3 Å². The Balaban J connectivity index is 3.36. The van der Waals surface area contributed by atoms with E-state index in [1.807, 2.05) is 0 Å². The van der Waals surface area contributed by atoms with Gasteiger partial charge in [-0.1, -0.05) is 0 Å². The van der Waals surface area contributed by atoms with Gasteiger partial charge in [0.05, 0.1) is 20.8 Å². The Morgan fingerprint density at radius 2 is 1.75 bits per heavy atom. The molecular weight excluding hydrogens is 267 g/mol. The molecule has 1 aromatic rings. The topological polar surface area (TPSA) is 61.8 Å². The van der Waals surface area contributed by atoms with E-state index >= 15 is 0 Å². The summed E-state index contributed by atoms with van der Waals surface area (Å²) in [6.45, 7) is 2.92. The number of ether oxygens (including phenoxy) is 3. The van der Waals surface area contributed by atoms with E-state index in [9.17, 15) is 14.0 Å². The van der Waals surface area contributed by atoms with Crippen LogP contribution >= 0.6 is 0 Å². The molecule has 0 aliphatic carbocycles. The molecular formula is C14H17FO5. The highest BCUT2D eigenvalue weighted by molar-refractivity contribution is 6.41. The molecule has 0 aromatic heterocycles. The van der Waals surface area contributed by atoms with Crippen molar-refractivity contribution < 1.29 is 28.2 Å². The van der Waals surface area contributed by atoms with Crippen molar-refractivity contribution in [1.29, 1.82) is 0 Å². The van der Waals surface area contributed by atoms with Crippen LogP contribution in [0.2, 0.25) is 0 Å². The van der Waals surface area contributed by atoms with Crippen molar-refractivity contribution in [2.24, 2.45) is 0 Å². The number of carbonyl (C=O) groups is 2. The van der Waals surface area contributed by atoms with E-state index in [1.54, 1.807) is 6.92 Å². The van der Waals surface area contributed by atoms with Gasteiger partial charge in [-0.15, -0.1) is 0 Å². The molecule has 1 unspecified atom stereocenters. The summed E-state index contributed by atoms with van der Waals surface area (Å²) in [6.07, 6.45) is -1.44. The van der Waals surface area contributed by atoms with Crippen molar-refractivity contribution >= 4 is 11.8 Å². The van der Waals surface area contributed by atoms with Gasteiger partial charge in [-0.3, -0.25) is 4.79 Å². The number of hydrogen-bond donors (Lipinski definition) is 0. The Bertz CT molecular complexity index is 511. The largest absolute Gasteiger partial charge is 0.493 e. The van der Waals surface area contributed by atoms with Crippen LogP contribution in [0.3, 0.4) is 0 Å². The van der Waals surface area contributed by atoms with Crippen LogP contribution in [0, 0.1) is 0 Å². The Kier molecular flexibility index (Phi) is 5.49. The van der Waals surface area contributed by atoms with Crippen LogP contribution in [0.1, 0.15) is 35.9 Å². The lowest BCUT2D eigenvalue weighted by atomic mass is 9.99. The highest BCUT2D eigenvalue weighted by atomic mass is 19.1. The molecule has 5 nitrogen and oxygen atoms in total.